The number of H-pyrrole nitrogens is 1. The van der Waals surface area contributed by atoms with Crippen molar-refractivity contribution in [1.29, 1.82) is 5.26 Å². The van der Waals surface area contributed by atoms with Gasteiger partial charge in [-0.05, 0) is 49.4 Å². The van der Waals surface area contributed by atoms with Crippen LogP contribution in [-0.4, -0.2) is 17.6 Å². The molecule has 0 radical (unpaired) electrons. The van der Waals surface area contributed by atoms with E-state index in [9.17, 15) is 9.59 Å². The van der Waals surface area contributed by atoms with Crippen LogP contribution in [0.2, 0.25) is 0 Å². The molecule has 0 saturated carbocycles. The van der Waals surface area contributed by atoms with Crippen LogP contribution in [0.25, 0.3) is 17.0 Å². The number of hydrogen-bond donors (Lipinski definition) is 1. The Kier molecular flexibility index (Phi) is 4.42. The van der Waals surface area contributed by atoms with Crippen LogP contribution < -0.4 is 5.56 Å². The summed E-state index contributed by atoms with van der Waals surface area (Å²) in [7, 11) is 0. The fraction of sp³-hybridized carbons (Fsp3) is 0.235. The van der Waals surface area contributed by atoms with Crippen LogP contribution in [-0.2, 0) is 9.53 Å². The second-order valence-corrected chi connectivity index (χ2v) is 4.92. The van der Waals surface area contributed by atoms with Crippen molar-refractivity contribution in [1.82, 2.24) is 4.98 Å². The molecule has 0 fully saturated rings. The lowest BCUT2D eigenvalue weighted by molar-refractivity contribution is -0.137. The molecule has 1 aromatic carbocycles. The summed E-state index contributed by atoms with van der Waals surface area (Å²) < 4.78 is 4.79. The summed E-state index contributed by atoms with van der Waals surface area (Å²) in [4.78, 5) is 26.6. The molecule has 5 nitrogen and oxygen atoms in total. The smallest absolute Gasteiger partial charge is 0.348 e. The highest BCUT2D eigenvalue weighted by Crippen LogP contribution is 2.19. The first-order valence-electron chi connectivity index (χ1n) is 6.90. The lowest BCUT2D eigenvalue weighted by Gasteiger charge is -2.06. The standard InChI is InChI=1S/C17H16N2O3/c1-4-22-17(21)14(9-18)8-13-7-12-6-5-10(2)11(3)15(12)19-16(13)20/h5-8H,4H2,1-3H3,(H,19,20). The zero-order valence-corrected chi connectivity index (χ0v) is 12.7. The van der Waals surface area contributed by atoms with E-state index in [1.807, 2.05) is 26.0 Å². The number of carbonyl (C=O) groups excluding carboxylic acids is 1. The zero-order valence-electron chi connectivity index (χ0n) is 12.7. The van der Waals surface area contributed by atoms with Crippen molar-refractivity contribution in [2.45, 2.75) is 20.8 Å². The Bertz CT molecular complexity index is 870. The van der Waals surface area contributed by atoms with Crippen molar-refractivity contribution in [3.05, 3.63) is 50.8 Å². The number of aromatic nitrogens is 1. The van der Waals surface area contributed by atoms with Gasteiger partial charge in [0.05, 0.1) is 12.1 Å². The highest BCUT2D eigenvalue weighted by Gasteiger charge is 2.12. The van der Waals surface area contributed by atoms with E-state index >= 15 is 0 Å². The molecule has 0 spiro atoms. The first-order chi connectivity index (χ1) is 10.5. The number of pyridine rings is 1. The van der Waals surface area contributed by atoms with Crippen LogP contribution in [0.5, 0.6) is 0 Å². The molecule has 0 amide bonds. The van der Waals surface area contributed by atoms with E-state index in [4.69, 9.17) is 10.00 Å². The van der Waals surface area contributed by atoms with Gasteiger partial charge in [0.25, 0.3) is 5.56 Å². The number of nitriles is 1. The van der Waals surface area contributed by atoms with Crippen LogP contribution >= 0.6 is 0 Å². The molecule has 0 aliphatic carbocycles. The molecule has 0 aliphatic rings. The first kappa shape index (κ1) is 15.5. The van der Waals surface area contributed by atoms with Gasteiger partial charge in [-0.3, -0.25) is 4.79 Å². The number of esters is 1. The highest BCUT2D eigenvalue weighted by molar-refractivity contribution is 5.98. The third-order valence-corrected chi connectivity index (χ3v) is 3.50. The minimum atomic E-state index is -0.732. The van der Waals surface area contributed by atoms with Gasteiger partial charge in [0.2, 0.25) is 0 Å². The van der Waals surface area contributed by atoms with Crippen LogP contribution in [0.1, 0.15) is 23.6 Å². The summed E-state index contributed by atoms with van der Waals surface area (Å²) in [5.41, 5.74) is 2.54. The molecule has 0 bridgehead atoms. The van der Waals surface area contributed by atoms with Crippen molar-refractivity contribution < 1.29 is 9.53 Å². The maximum absolute atomic E-state index is 12.2. The number of hydrogen-bond acceptors (Lipinski definition) is 4. The number of rotatable bonds is 3. The molecular weight excluding hydrogens is 280 g/mol. The summed E-state index contributed by atoms with van der Waals surface area (Å²) in [6.07, 6.45) is 1.26. The topological polar surface area (TPSA) is 82.9 Å². The van der Waals surface area contributed by atoms with Gasteiger partial charge in [-0.1, -0.05) is 12.1 Å². The third kappa shape index (κ3) is 2.91. The van der Waals surface area contributed by atoms with Crippen LogP contribution in [0.4, 0.5) is 0 Å². The Hall–Kier alpha value is -2.87. The zero-order chi connectivity index (χ0) is 16.3. The van der Waals surface area contributed by atoms with E-state index in [1.165, 1.54) is 6.08 Å². The Morgan fingerprint density at radius 2 is 2.14 bits per heavy atom. The van der Waals surface area contributed by atoms with E-state index in [-0.39, 0.29) is 23.3 Å². The fourth-order valence-corrected chi connectivity index (χ4v) is 2.15. The Morgan fingerprint density at radius 1 is 1.41 bits per heavy atom. The van der Waals surface area contributed by atoms with Crippen molar-refractivity contribution in [2.75, 3.05) is 6.61 Å². The van der Waals surface area contributed by atoms with Gasteiger partial charge in [-0.15, -0.1) is 0 Å². The second kappa shape index (κ2) is 6.27. The molecule has 112 valence electrons. The average Bonchev–Trinajstić information content (AvgIpc) is 2.50. The SMILES string of the molecule is CCOC(=O)C(C#N)=Cc1cc2ccc(C)c(C)c2[nH]c1=O. The van der Waals surface area contributed by atoms with Gasteiger partial charge < -0.3 is 9.72 Å². The van der Waals surface area contributed by atoms with Gasteiger partial charge in [0.1, 0.15) is 11.6 Å². The summed E-state index contributed by atoms with van der Waals surface area (Å²) >= 11 is 0. The predicted molar refractivity (Wildman–Crippen MR) is 84.3 cm³/mol. The van der Waals surface area contributed by atoms with Crippen molar-refractivity contribution in [2.24, 2.45) is 0 Å². The molecule has 0 aliphatic heterocycles. The molecule has 1 aromatic heterocycles. The first-order valence-corrected chi connectivity index (χ1v) is 6.90. The number of ether oxygens (including phenoxy) is 1. The maximum atomic E-state index is 12.2. The summed E-state index contributed by atoms with van der Waals surface area (Å²) in [6, 6.07) is 7.28. The summed E-state index contributed by atoms with van der Waals surface area (Å²) in [5, 5.41) is 9.88. The molecule has 0 atom stereocenters. The fourth-order valence-electron chi connectivity index (χ4n) is 2.15. The summed E-state index contributed by atoms with van der Waals surface area (Å²) in [6.45, 7) is 5.73. The van der Waals surface area contributed by atoms with Crippen LogP contribution in [0, 0.1) is 25.2 Å². The Labute approximate surface area is 127 Å². The number of aryl methyl sites for hydroxylation is 2. The predicted octanol–water partition coefficient (Wildman–Crippen LogP) is 2.62. The van der Waals surface area contributed by atoms with Gasteiger partial charge >= 0.3 is 5.97 Å². The second-order valence-electron chi connectivity index (χ2n) is 4.92. The van der Waals surface area contributed by atoms with Crippen molar-refractivity contribution in [3.8, 4) is 6.07 Å². The van der Waals surface area contributed by atoms with Gasteiger partial charge in [0.15, 0.2) is 0 Å². The Morgan fingerprint density at radius 3 is 2.77 bits per heavy atom. The van der Waals surface area contributed by atoms with Crippen molar-refractivity contribution in [3.63, 3.8) is 0 Å². The number of fused-ring (bicyclic) bond motifs is 1. The van der Waals surface area contributed by atoms with Gasteiger partial charge in [-0.2, -0.15) is 5.26 Å². The van der Waals surface area contributed by atoms with E-state index in [2.05, 4.69) is 4.98 Å². The normalized spacial score (nSPS) is 11.3. The monoisotopic (exact) mass is 296 g/mol. The quantitative estimate of drug-likeness (QED) is 0.536. The minimum absolute atomic E-state index is 0.171. The number of nitrogens with one attached hydrogen (secondary N) is 1. The average molecular weight is 296 g/mol. The number of aromatic amines is 1. The molecule has 0 saturated heterocycles. The number of nitrogens with zero attached hydrogens (tertiary/aromatic N) is 1. The van der Waals surface area contributed by atoms with E-state index in [0.29, 0.717) is 0 Å². The third-order valence-electron chi connectivity index (χ3n) is 3.50. The van der Waals surface area contributed by atoms with E-state index < -0.39 is 5.97 Å². The largest absolute Gasteiger partial charge is 0.462 e. The molecule has 0 unspecified atom stereocenters. The van der Waals surface area contributed by atoms with Crippen LogP contribution in [0.15, 0.2) is 28.6 Å². The van der Waals surface area contributed by atoms with Crippen molar-refractivity contribution >= 4 is 22.9 Å². The maximum Gasteiger partial charge on any atom is 0.348 e. The van der Waals surface area contributed by atoms with E-state index in [0.717, 1.165) is 22.0 Å². The lowest BCUT2D eigenvalue weighted by atomic mass is 10.0. The molecule has 1 N–H and O–H groups in total. The molecule has 2 aromatic rings. The highest BCUT2D eigenvalue weighted by atomic mass is 16.5. The summed E-state index contributed by atoms with van der Waals surface area (Å²) in [5.74, 6) is -0.732. The lowest BCUT2D eigenvalue weighted by Crippen LogP contribution is -2.12. The molecule has 2 rings (SSSR count). The molecular formula is C17H16N2O3. The van der Waals surface area contributed by atoms with E-state index in [1.54, 1.807) is 19.1 Å². The van der Waals surface area contributed by atoms with Gasteiger partial charge in [-0.25, -0.2) is 4.79 Å². The molecule has 5 heteroatoms. The number of carbonyl (C=O) groups is 1. The molecule has 1 heterocycles. The number of benzene rings is 1. The molecule has 22 heavy (non-hydrogen) atoms. The minimum Gasteiger partial charge on any atom is -0.462 e. The van der Waals surface area contributed by atoms with Crippen LogP contribution in [0.3, 0.4) is 0 Å². The Balaban J connectivity index is 2.60. The van der Waals surface area contributed by atoms with Gasteiger partial charge in [0, 0.05) is 5.56 Å².